The highest BCUT2D eigenvalue weighted by molar-refractivity contribution is 5.91. The van der Waals surface area contributed by atoms with Gasteiger partial charge in [-0.3, -0.25) is 4.79 Å². The SMILES string of the molecule is CCOc1cc(/C=C/C(=O)NCC2CC=CCC2)ccc1OC(F)F. The lowest BCUT2D eigenvalue weighted by Crippen LogP contribution is -2.28. The molecule has 2 rings (SSSR count). The van der Waals surface area contributed by atoms with Crippen molar-refractivity contribution in [1.29, 1.82) is 0 Å². The van der Waals surface area contributed by atoms with Gasteiger partial charge >= 0.3 is 6.61 Å². The lowest BCUT2D eigenvalue weighted by molar-refractivity contribution is -0.116. The highest BCUT2D eigenvalue weighted by atomic mass is 19.3. The zero-order valence-corrected chi connectivity index (χ0v) is 14.2. The summed E-state index contributed by atoms with van der Waals surface area (Å²) in [6, 6.07) is 4.57. The number of halogens is 2. The summed E-state index contributed by atoms with van der Waals surface area (Å²) in [5.74, 6) is 0.501. The highest BCUT2D eigenvalue weighted by Crippen LogP contribution is 2.30. The van der Waals surface area contributed by atoms with Crippen LogP contribution in [0, 0.1) is 5.92 Å². The number of alkyl halides is 2. The van der Waals surface area contributed by atoms with E-state index in [-0.39, 0.29) is 17.4 Å². The van der Waals surface area contributed by atoms with Gasteiger partial charge in [-0.2, -0.15) is 8.78 Å². The minimum atomic E-state index is -2.92. The van der Waals surface area contributed by atoms with E-state index in [1.807, 2.05) is 0 Å². The summed E-state index contributed by atoms with van der Waals surface area (Å²) in [5, 5.41) is 2.89. The fraction of sp³-hybridized carbons (Fsp3) is 0.421. The van der Waals surface area contributed by atoms with Crippen molar-refractivity contribution in [2.45, 2.75) is 32.8 Å². The number of amides is 1. The van der Waals surface area contributed by atoms with Crippen molar-refractivity contribution in [3.05, 3.63) is 42.0 Å². The lowest BCUT2D eigenvalue weighted by atomic mass is 9.94. The van der Waals surface area contributed by atoms with Crippen LogP contribution in [0.25, 0.3) is 6.08 Å². The molecule has 1 aromatic carbocycles. The summed E-state index contributed by atoms with van der Waals surface area (Å²) in [6.07, 6.45) is 10.5. The van der Waals surface area contributed by atoms with E-state index >= 15 is 0 Å². The van der Waals surface area contributed by atoms with Crippen LogP contribution < -0.4 is 14.8 Å². The first-order valence-electron chi connectivity index (χ1n) is 8.41. The molecular formula is C19H23F2NO3. The van der Waals surface area contributed by atoms with Gasteiger partial charge in [-0.1, -0.05) is 18.2 Å². The number of carbonyl (C=O) groups excluding carboxylic acids is 1. The topological polar surface area (TPSA) is 47.6 Å². The van der Waals surface area contributed by atoms with Crippen molar-refractivity contribution in [3.8, 4) is 11.5 Å². The van der Waals surface area contributed by atoms with Crippen molar-refractivity contribution in [1.82, 2.24) is 5.32 Å². The third-order valence-corrected chi connectivity index (χ3v) is 3.85. The van der Waals surface area contributed by atoms with Crippen molar-refractivity contribution >= 4 is 12.0 Å². The summed E-state index contributed by atoms with van der Waals surface area (Å²) >= 11 is 0. The van der Waals surface area contributed by atoms with E-state index in [1.165, 1.54) is 12.1 Å². The second-order valence-corrected chi connectivity index (χ2v) is 5.75. The molecule has 0 heterocycles. The van der Waals surface area contributed by atoms with Crippen LogP contribution in [0.1, 0.15) is 31.7 Å². The monoisotopic (exact) mass is 351 g/mol. The van der Waals surface area contributed by atoms with Gasteiger partial charge in [0.25, 0.3) is 0 Å². The average Bonchev–Trinajstić information content (AvgIpc) is 2.61. The van der Waals surface area contributed by atoms with Gasteiger partial charge in [-0.15, -0.1) is 0 Å². The Labute approximate surface area is 146 Å². The molecule has 1 aliphatic carbocycles. The zero-order chi connectivity index (χ0) is 18.1. The first kappa shape index (κ1) is 19.0. The number of ether oxygens (including phenoxy) is 2. The maximum absolute atomic E-state index is 12.4. The Morgan fingerprint density at radius 3 is 2.88 bits per heavy atom. The molecule has 1 amide bonds. The summed E-state index contributed by atoms with van der Waals surface area (Å²) in [5.41, 5.74) is 0.667. The number of benzene rings is 1. The smallest absolute Gasteiger partial charge is 0.387 e. The third kappa shape index (κ3) is 6.57. The Kier molecular flexibility index (Phi) is 7.44. The zero-order valence-electron chi connectivity index (χ0n) is 14.2. The predicted octanol–water partition coefficient (Wildman–Crippen LogP) is 4.17. The number of carbonyl (C=O) groups is 1. The van der Waals surface area contributed by atoms with E-state index in [0.717, 1.165) is 19.3 Å². The molecule has 0 spiro atoms. The molecule has 1 atom stereocenters. The summed E-state index contributed by atoms with van der Waals surface area (Å²) < 4.78 is 34.5. The third-order valence-electron chi connectivity index (χ3n) is 3.85. The molecule has 6 heteroatoms. The molecule has 0 fully saturated rings. The van der Waals surface area contributed by atoms with E-state index in [0.29, 0.717) is 24.6 Å². The van der Waals surface area contributed by atoms with Crippen molar-refractivity contribution in [2.75, 3.05) is 13.2 Å². The quantitative estimate of drug-likeness (QED) is 0.565. The Balaban J connectivity index is 1.93. The van der Waals surface area contributed by atoms with E-state index < -0.39 is 6.61 Å². The van der Waals surface area contributed by atoms with E-state index in [4.69, 9.17) is 4.74 Å². The highest BCUT2D eigenvalue weighted by Gasteiger charge is 2.12. The van der Waals surface area contributed by atoms with E-state index in [1.54, 1.807) is 25.1 Å². The van der Waals surface area contributed by atoms with Gasteiger partial charge in [0.15, 0.2) is 11.5 Å². The van der Waals surface area contributed by atoms with Crippen LogP contribution in [0.4, 0.5) is 8.78 Å². The second-order valence-electron chi connectivity index (χ2n) is 5.75. The molecule has 1 aromatic rings. The van der Waals surface area contributed by atoms with Crippen molar-refractivity contribution in [2.24, 2.45) is 5.92 Å². The molecule has 4 nitrogen and oxygen atoms in total. The Bertz CT molecular complexity index is 629. The van der Waals surface area contributed by atoms with Gasteiger partial charge < -0.3 is 14.8 Å². The van der Waals surface area contributed by atoms with E-state index in [9.17, 15) is 13.6 Å². The van der Waals surface area contributed by atoms with Crippen LogP contribution in [0.15, 0.2) is 36.4 Å². The average molecular weight is 351 g/mol. The molecule has 0 radical (unpaired) electrons. The van der Waals surface area contributed by atoms with Gasteiger partial charge in [-0.05, 0) is 55.9 Å². The summed E-state index contributed by atoms with van der Waals surface area (Å²) in [6.45, 7) is -0.189. The molecule has 25 heavy (non-hydrogen) atoms. The maximum Gasteiger partial charge on any atom is 0.387 e. The molecule has 1 aliphatic rings. The van der Waals surface area contributed by atoms with Crippen LogP contribution in [0.2, 0.25) is 0 Å². The molecule has 136 valence electrons. The minimum absolute atomic E-state index is 0.0243. The largest absolute Gasteiger partial charge is 0.490 e. The number of hydrogen-bond donors (Lipinski definition) is 1. The standard InChI is InChI=1S/C19H23F2NO3/c1-2-24-17-12-14(8-10-16(17)25-19(20)21)9-11-18(23)22-13-15-6-4-3-5-7-15/h3-4,8-12,15,19H,2,5-7,13H2,1H3,(H,22,23)/b11-9+. The molecular weight excluding hydrogens is 328 g/mol. The Hall–Kier alpha value is -2.37. The van der Waals surface area contributed by atoms with Crippen molar-refractivity contribution < 1.29 is 23.0 Å². The van der Waals surface area contributed by atoms with Crippen molar-refractivity contribution in [3.63, 3.8) is 0 Å². The van der Waals surface area contributed by atoms with Crippen LogP contribution in [-0.2, 0) is 4.79 Å². The molecule has 0 saturated carbocycles. The number of allylic oxidation sites excluding steroid dienone is 2. The number of nitrogens with one attached hydrogen (secondary N) is 1. The second kappa shape index (κ2) is 9.81. The van der Waals surface area contributed by atoms with Gasteiger partial charge in [-0.25, -0.2) is 0 Å². The normalized spacial score (nSPS) is 17.0. The first-order chi connectivity index (χ1) is 12.1. The van der Waals surface area contributed by atoms with Gasteiger partial charge in [0.1, 0.15) is 0 Å². The lowest BCUT2D eigenvalue weighted by Gasteiger charge is -2.17. The molecule has 0 bridgehead atoms. The Morgan fingerprint density at radius 2 is 2.20 bits per heavy atom. The fourth-order valence-electron chi connectivity index (χ4n) is 2.61. The Morgan fingerprint density at radius 1 is 1.36 bits per heavy atom. The molecule has 0 aliphatic heterocycles. The van der Waals surface area contributed by atoms with Gasteiger partial charge in [0.2, 0.25) is 5.91 Å². The molecule has 0 aromatic heterocycles. The van der Waals surface area contributed by atoms with Crippen LogP contribution >= 0.6 is 0 Å². The molecule has 1 unspecified atom stereocenters. The van der Waals surface area contributed by atoms with Crippen LogP contribution in [0.5, 0.6) is 11.5 Å². The predicted molar refractivity (Wildman–Crippen MR) is 92.8 cm³/mol. The fourth-order valence-corrected chi connectivity index (χ4v) is 2.61. The molecule has 1 N–H and O–H groups in total. The first-order valence-corrected chi connectivity index (χ1v) is 8.41. The maximum atomic E-state index is 12.4. The summed E-state index contributed by atoms with van der Waals surface area (Å²) in [7, 11) is 0. The number of hydrogen-bond acceptors (Lipinski definition) is 3. The van der Waals surface area contributed by atoms with Crippen LogP contribution in [-0.4, -0.2) is 25.7 Å². The van der Waals surface area contributed by atoms with Gasteiger partial charge in [0.05, 0.1) is 6.61 Å². The summed E-state index contributed by atoms with van der Waals surface area (Å²) in [4.78, 5) is 11.9. The van der Waals surface area contributed by atoms with Gasteiger partial charge in [0, 0.05) is 12.6 Å². The number of rotatable bonds is 8. The minimum Gasteiger partial charge on any atom is -0.490 e. The molecule has 0 saturated heterocycles. The van der Waals surface area contributed by atoms with E-state index in [2.05, 4.69) is 22.2 Å². The van der Waals surface area contributed by atoms with Crippen LogP contribution in [0.3, 0.4) is 0 Å².